The Labute approximate surface area is 47.2 Å². The van der Waals surface area contributed by atoms with Crippen LogP contribution in [-0.4, -0.2) is 0 Å². The van der Waals surface area contributed by atoms with Crippen molar-refractivity contribution in [2.75, 3.05) is 0 Å². The molecule has 0 N–H and O–H groups in total. The minimum Gasteiger partial charge on any atom is -0.0885 e. The minimum absolute atomic E-state index is 0. The number of rotatable bonds is 0. The van der Waals surface area contributed by atoms with E-state index in [4.69, 9.17) is 0 Å². The van der Waals surface area contributed by atoms with Gasteiger partial charge in [-0.1, -0.05) is 12.2 Å². The first-order valence-corrected chi connectivity index (χ1v) is 2.15. The fourth-order valence-corrected chi connectivity index (χ4v) is 0.589. The molecule has 0 aliphatic heterocycles. The average molecular weight is 92.1 g/mol. The summed E-state index contributed by atoms with van der Waals surface area (Å²) in [5.74, 6) is 0. The maximum Gasteiger partial charge on any atom is 0 e. The van der Waals surface area contributed by atoms with Crippen LogP contribution in [0.2, 0.25) is 0 Å². The summed E-state index contributed by atoms with van der Waals surface area (Å²) < 4.78 is 0. The van der Waals surface area contributed by atoms with Crippen LogP contribution >= 0.6 is 0 Å². The van der Waals surface area contributed by atoms with Crippen molar-refractivity contribution in [3.8, 4) is 0 Å². The molecular weight excluding hydrogens is 84.1 g/mol. The molecule has 0 atom stereocenters. The molecule has 1 aliphatic carbocycles. The number of hydrogen-bond acceptors (Lipinski definition) is 0. The molecule has 0 aromatic carbocycles. The van der Waals surface area contributed by atoms with Crippen molar-refractivity contribution in [1.29, 1.82) is 0 Å². The van der Waals surface area contributed by atoms with Gasteiger partial charge >= 0.3 is 0 Å². The topological polar surface area (TPSA) is 0 Å². The molecule has 8 radical (unpaired) electrons. The van der Waals surface area contributed by atoms with E-state index in [2.05, 4.69) is 12.2 Å². The molecule has 7 heavy (non-hydrogen) atoms. The Bertz CT molecular complexity index is 38.0. The Morgan fingerprint density at radius 2 is 1.29 bits per heavy atom. The summed E-state index contributed by atoms with van der Waals surface area (Å²) in [5, 5.41) is 0. The summed E-state index contributed by atoms with van der Waals surface area (Å²) >= 11 is 0. The zero-order valence-electron chi connectivity index (χ0n) is 4.28. The third kappa shape index (κ3) is 3.57. The molecule has 0 heteroatoms. The Morgan fingerprint density at radius 3 is 1.43 bits per heavy atom. The fraction of sp³-hybridized carbons (Fsp3) is 0.429. The zero-order valence-corrected chi connectivity index (χ0v) is 4.28. The van der Waals surface area contributed by atoms with E-state index in [9.17, 15) is 0 Å². The molecule has 36 valence electrons. The smallest absolute Gasteiger partial charge is 0 e. The molecule has 0 heterocycles. The molecule has 1 aliphatic rings. The predicted octanol–water partition coefficient (Wildman–Crippen LogP) is 1.89. The van der Waals surface area contributed by atoms with Gasteiger partial charge in [0.25, 0.3) is 0 Å². The van der Waals surface area contributed by atoms with E-state index in [0.717, 1.165) is 0 Å². The molecule has 0 saturated heterocycles. The Kier molecular flexibility index (Phi) is 8.10. The monoisotopic (exact) mass is 92.1 g/mol. The van der Waals surface area contributed by atoms with E-state index < -0.39 is 0 Å². The maximum absolute atomic E-state index is 2.24. The minimum atomic E-state index is 0. The zero-order chi connectivity index (χ0) is 3.54. The van der Waals surface area contributed by atoms with Crippen LogP contribution in [0.1, 0.15) is 19.3 Å². The summed E-state index contributed by atoms with van der Waals surface area (Å²) in [4.78, 5) is 0. The lowest BCUT2D eigenvalue weighted by molar-refractivity contribution is 0.929. The maximum atomic E-state index is 2.24. The Hall–Kier alpha value is -0.260. The molecular formula is C7H8. The Balaban J connectivity index is 0. The molecule has 0 aromatic rings. The third-order valence-electron chi connectivity index (χ3n) is 0.908. The highest BCUT2D eigenvalue weighted by molar-refractivity contribution is 4.88. The van der Waals surface area contributed by atoms with Crippen molar-refractivity contribution in [3.05, 3.63) is 27.0 Å². The third-order valence-corrected chi connectivity index (χ3v) is 0.908. The van der Waals surface area contributed by atoms with Crippen molar-refractivity contribution < 1.29 is 0 Å². The van der Waals surface area contributed by atoms with Crippen molar-refractivity contribution in [3.63, 3.8) is 0 Å². The van der Waals surface area contributed by atoms with Gasteiger partial charge in [0.1, 0.15) is 0 Å². The lowest BCUT2D eigenvalue weighted by Gasteiger charge is -1.69. The van der Waals surface area contributed by atoms with Gasteiger partial charge in [0.15, 0.2) is 0 Å². The fourth-order valence-electron chi connectivity index (χ4n) is 0.589. The lowest BCUT2D eigenvalue weighted by atomic mass is 10.4. The SMILES string of the molecule is C1=CCCC1.[C].[C]. The molecule has 0 amide bonds. The Morgan fingerprint density at radius 1 is 0.857 bits per heavy atom. The van der Waals surface area contributed by atoms with Gasteiger partial charge < -0.3 is 0 Å². The van der Waals surface area contributed by atoms with Gasteiger partial charge in [0, 0.05) is 14.9 Å². The van der Waals surface area contributed by atoms with E-state index in [-0.39, 0.29) is 14.9 Å². The van der Waals surface area contributed by atoms with Crippen LogP contribution in [0.4, 0.5) is 0 Å². The van der Waals surface area contributed by atoms with Crippen molar-refractivity contribution >= 4 is 0 Å². The van der Waals surface area contributed by atoms with Crippen LogP contribution in [-0.2, 0) is 0 Å². The normalized spacial score (nSPS) is 14.9. The van der Waals surface area contributed by atoms with Crippen molar-refractivity contribution in [2.45, 2.75) is 19.3 Å². The second kappa shape index (κ2) is 5.74. The van der Waals surface area contributed by atoms with Gasteiger partial charge in [-0.05, 0) is 19.3 Å². The average Bonchev–Trinajstić information content (AvgIpc) is 1.76. The van der Waals surface area contributed by atoms with E-state index in [0.29, 0.717) is 0 Å². The molecule has 0 spiro atoms. The van der Waals surface area contributed by atoms with E-state index in [1.54, 1.807) is 0 Å². The van der Waals surface area contributed by atoms with E-state index >= 15 is 0 Å². The number of hydrogen-bond donors (Lipinski definition) is 0. The van der Waals surface area contributed by atoms with Gasteiger partial charge in [-0.25, -0.2) is 0 Å². The van der Waals surface area contributed by atoms with Gasteiger partial charge in [-0.3, -0.25) is 0 Å². The first-order valence-electron chi connectivity index (χ1n) is 2.15. The summed E-state index contributed by atoms with van der Waals surface area (Å²) in [7, 11) is 0. The first-order chi connectivity index (χ1) is 2.50. The van der Waals surface area contributed by atoms with Crippen molar-refractivity contribution in [2.24, 2.45) is 0 Å². The summed E-state index contributed by atoms with van der Waals surface area (Å²) in [6.07, 6.45) is 8.50. The highest BCUT2D eigenvalue weighted by Gasteiger charge is 1.84. The van der Waals surface area contributed by atoms with Crippen LogP contribution in [0, 0.1) is 14.9 Å². The van der Waals surface area contributed by atoms with Gasteiger partial charge in [0.2, 0.25) is 0 Å². The van der Waals surface area contributed by atoms with Gasteiger partial charge in [-0.15, -0.1) is 0 Å². The molecule has 0 aromatic heterocycles. The van der Waals surface area contributed by atoms with Crippen molar-refractivity contribution in [1.82, 2.24) is 0 Å². The predicted molar refractivity (Wildman–Crippen MR) is 29.5 cm³/mol. The molecule has 0 unspecified atom stereocenters. The van der Waals surface area contributed by atoms with Crippen LogP contribution < -0.4 is 0 Å². The largest absolute Gasteiger partial charge is 0.0885 e. The molecule has 0 bridgehead atoms. The molecule has 0 saturated carbocycles. The summed E-state index contributed by atoms with van der Waals surface area (Å²) in [5.41, 5.74) is 0. The second-order valence-electron chi connectivity index (χ2n) is 1.40. The van der Waals surface area contributed by atoms with Crippen LogP contribution in [0.3, 0.4) is 0 Å². The quantitative estimate of drug-likeness (QED) is 0.400. The summed E-state index contributed by atoms with van der Waals surface area (Å²) in [6.45, 7) is 0. The standard InChI is InChI=1S/C5H8.2C/c1-2-4-5-3-1;;/h1-2H,3-5H2;;. The van der Waals surface area contributed by atoms with Crippen LogP contribution in [0.25, 0.3) is 0 Å². The van der Waals surface area contributed by atoms with E-state index in [1.807, 2.05) is 0 Å². The highest BCUT2D eigenvalue weighted by atomic mass is 13.9. The molecule has 0 fully saturated rings. The lowest BCUT2D eigenvalue weighted by Crippen LogP contribution is -1.50. The van der Waals surface area contributed by atoms with Crippen LogP contribution in [0.15, 0.2) is 12.2 Å². The number of allylic oxidation sites excluding steroid dienone is 2. The molecule has 1 rings (SSSR count). The van der Waals surface area contributed by atoms with Gasteiger partial charge in [-0.2, -0.15) is 0 Å². The van der Waals surface area contributed by atoms with E-state index in [1.165, 1.54) is 19.3 Å². The highest BCUT2D eigenvalue weighted by Crippen LogP contribution is 2.05. The second-order valence-corrected chi connectivity index (χ2v) is 1.40. The van der Waals surface area contributed by atoms with Crippen LogP contribution in [0.5, 0.6) is 0 Å². The van der Waals surface area contributed by atoms with Gasteiger partial charge in [0.05, 0.1) is 0 Å². The molecule has 0 nitrogen and oxygen atoms in total. The summed E-state index contributed by atoms with van der Waals surface area (Å²) in [6, 6.07) is 0. The first kappa shape index (κ1) is 9.88.